The molecule has 4 heteroatoms. The number of rotatable bonds is 3. The Morgan fingerprint density at radius 3 is 2.88 bits per heavy atom. The molecule has 1 heterocycles. The van der Waals surface area contributed by atoms with Gasteiger partial charge in [-0.3, -0.25) is 0 Å². The van der Waals surface area contributed by atoms with Gasteiger partial charge in [-0.2, -0.15) is 5.10 Å². The van der Waals surface area contributed by atoms with Gasteiger partial charge >= 0.3 is 0 Å². The fourth-order valence-electron chi connectivity index (χ4n) is 1.56. The average molecular weight is 236 g/mol. The molecule has 0 aliphatic rings. The van der Waals surface area contributed by atoms with Crippen molar-refractivity contribution in [3.05, 3.63) is 47.2 Å². The van der Waals surface area contributed by atoms with Crippen molar-refractivity contribution in [1.82, 2.24) is 9.78 Å². The molecule has 0 aliphatic carbocycles. The van der Waals surface area contributed by atoms with Crippen molar-refractivity contribution >= 4 is 11.6 Å². The highest BCUT2D eigenvalue weighted by Crippen LogP contribution is 2.24. The molecule has 1 unspecified atom stereocenters. The molecule has 0 saturated carbocycles. The maximum absolute atomic E-state index is 6.22. The Labute approximate surface area is 99.8 Å². The molecule has 0 bridgehead atoms. The van der Waals surface area contributed by atoms with Gasteiger partial charge in [0.25, 0.3) is 0 Å². The van der Waals surface area contributed by atoms with E-state index in [9.17, 15) is 0 Å². The van der Waals surface area contributed by atoms with Crippen LogP contribution in [-0.4, -0.2) is 16.3 Å². The molecule has 84 valence electrons. The quantitative estimate of drug-likeness (QED) is 0.889. The highest BCUT2D eigenvalue weighted by molar-refractivity contribution is 6.32. The maximum Gasteiger partial charge on any atom is 0.0831 e. The lowest BCUT2D eigenvalue weighted by Gasteiger charge is -2.11. The minimum atomic E-state index is 0.323. The predicted octanol–water partition coefficient (Wildman–Crippen LogP) is 2.59. The Bertz CT molecular complexity index is 465. The lowest BCUT2D eigenvalue weighted by Crippen LogP contribution is -2.09. The van der Waals surface area contributed by atoms with E-state index >= 15 is 0 Å². The lowest BCUT2D eigenvalue weighted by molar-refractivity contribution is 0.772. The number of hydrogen-bond donors (Lipinski definition) is 1. The fraction of sp³-hybridized carbons (Fsp3) is 0.250. The standard InChI is InChI=1S/C12H14ClN3/c1-9(8-14)10-3-4-12(11(13)7-10)16-6-2-5-15-16/h2-7,9H,8,14H2,1H3. The van der Waals surface area contributed by atoms with E-state index in [1.807, 2.05) is 30.5 Å². The Morgan fingerprint density at radius 2 is 2.31 bits per heavy atom. The van der Waals surface area contributed by atoms with Gasteiger partial charge in [-0.15, -0.1) is 0 Å². The Morgan fingerprint density at radius 1 is 1.50 bits per heavy atom. The fourth-order valence-corrected chi connectivity index (χ4v) is 1.84. The van der Waals surface area contributed by atoms with Crippen LogP contribution in [-0.2, 0) is 0 Å². The zero-order valence-corrected chi connectivity index (χ0v) is 9.85. The van der Waals surface area contributed by atoms with E-state index in [0.29, 0.717) is 17.5 Å². The highest BCUT2D eigenvalue weighted by Gasteiger charge is 2.08. The summed E-state index contributed by atoms with van der Waals surface area (Å²) in [5.41, 5.74) is 7.67. The molecule has 1 atom stereocenters. The van der Waals surface area contributed by atoms with E-state index in [-0.39, 0.29) is 0 Å². The summed E-state index contributed by atoms with van der Waals surface area (Å²) >= 11 is 6.22. The lowest BCUT2D eigenvalue weighted by atomic mass is 10.0. The second kappa shape index (κ2) is 4.68. The smallest absolute Gasteiger partial charge is 0.0831 e. The number of benzene rings is 1. The van der Waals surface area contributed by atoms with Crippen LogP contribution >= 0.6 is 11.6 Å². The van der Waals surface area contributed by atoms with E-state index < -0.39 is 0 Å². The van der Waals surface area contributed by atoms with E-state index in [1.165, 1.54) is 0 Å². The van der Waals surface area contributed by atoms with Crippen LogP contribution in [0.1, 0.15) is 18.4 Å². The molecule has 3 nitrogen and oxygen atoms in total. The Kier molecular flexibility index (Phi) is 3.27. The molecule has 2 rings (SSSR count). The molecule has 0 fully saturated rings. The van der Waals surface area contributed by atoms with Gasteiger partial charge in [-0.25, -0.2) is 4.68 Å². The van der Waals surface area contributed by atoms with E-state index in [1.54, 1.807) is 10.9 Å². The molecule has 0 amide bonds. The van der Waals surface area contributed by atoms with E-state index in [2.05, 4.69) is 12.0 Å². The van der Waals surface area contributed by atoms with E-state index in [4.69, 9.17) is 17.3 Å². The number of nitrogens with zero attached hydrogens (tertiary/aromatic N) is 2. The summed E-state index contributed by atoms with van der Waals surface area (Å²) in [6.07, 6.45) is 3.60. The van der Waals surface area contributed by atoms with Crippen molar-refractivity contribution < 1.29 is 0 Å². The topological polar surface area (TPSA) is 43.8 Å². The van der Waals surface area contributed by atoms with Crippen LogP contribution in [0.2, 0.25) is 5.02 Å². The van der Waals surface area contributed by atoms with Gasteiger partial charge in [0.15, 0.2) is 0 Å². The number of halogens is 1. The molecule has 0 aliphatic heterocycles. The normalized spacial score (nSPS) is 12.7. The summed E-state index contributed by atoms with van der Waals surface area (Å²) in [4.78, 5) is 0. The molecule has 0 radical (unpaired) electrons. The Balaban J connectivity index is 2.37. The van der Waals surface area contributed by atoms with E-state index in [0.717, 1.165) is 11.3 Å². The SMILES string of the molecule is CC(CN)c1ccc(-n2cccn2)c(Cl)c1. The molecular formula is C12H14ClN3. The maximum atomic E-state index is 6.22. The third-order valence-electron chi connectivity index (χ3n) is 2.65. The number of hydrogen-bond acceptors (Lipinski definition) is 2. The number of nitrogens with two attached hydrogens (primary N) is 1. The highest BCUT2D eigenvalue weighted by atomic mass is 35.5. The molecule has 16 heavy (non-hydrogen) atoms. The first kappa shape index (κ1) is 11.2. The monoisotopic (exact) mass is 235 g/mol. The van der Waals surface area contributed by atoms with Crippen LogP contribution in [0, 0.1) is 0 Å². The van der Waals surface area contributed by atoms with Crippen molar-refractivity contribution in [3.63, 3.8) is 0 Å². The molecule has 0 spiro atoms. The second-order valence-corrected chi connectivity index (χ2v) is 4.21. The van der Waals surface area contributed by atoms with Crippen LogP contribution in [0.4, 0.5) is 0 Å². The van der Waals surface area contributed by atoms with Gasteiger partial charge < -0.3 is 5.73 Å². The van der Waals surface area contributed by atoms with Crippen LogP contribution in [0.3, 0.4) is 0 Å². The summed E-state index contributed by atoms with van der Waals surface area (Å²) in [7, 11) is 0. The molecule has 2 aromatic rings. The molecule has 1 aromatic heterocycles. The first-order chi connectivity index (χ1) is 7.72. The van der Waals surface area contributed by atoms with Crippen molar-refractivity contribution in [1.29, 1.82) is 0 Å². The largest absolute Gasteiger partial charge is 0.330 e. The third-order valence-corrected chi connectivity index (χ3v) is 2.95. The van der Waals surface area contributed by atoms with Gasteiger partial charge in [-0.1, -0.05) is 24.6 Å². The minimum absolute atomic E-state index is 0.323. The van der Waals surface area contributed by atoms with Gasteiger partial charge in [-0.05, 0) is 36.2 Å². The molecular weight excluding hydrogens is 222 g/mol. The van der Waals surface area contributed by atoms with Crippen molar-refractivity contribution in [2.24, 2.45) is 5.73 Å². The molecule has 1 aromatic carbocycles. The molecule has 0 saturated heterocycles. The third kappa shape index (κ3) is 2.10. The summed E-state index contributed by atoms with van der Waals surface area (Å²) in [6.45, 7) is 2.71. The first-order valence-electron chi connectivity index (χ1n) is 5.22. The molecule has 2 N–H and O–H groups in total. The average Bonchev–Trinajstić information content (AvgIpc) is 2.81. The number of aromatic nitrogens is 2. The van der Waals surface area contributed by atoms with Crippen LogP contribution in [0.15, 0.2) is 36.7 Å². The van der Waals surface area contributed by atoms with Crippen molar-refractivity contribution in [2.45, 2.75) is 12.8 Å². The summed E-state index contributed by atoms with van der Waals surface area (Å²) < 4.78 is 1.75. The van der Waals surface area contributed by atoms with Crippen LogP contribution in [0.25, 0.3) is 5.69 Å². The minimum Gasteiger partial charge on any atom is -0.330 e. The van der Waals surface area contributed by atoms with Gasteiger partial charge in [0.05, 0.1) is 10.7 Å². The van der Waals surface area contributed by atoms with Crippen LogP contribution in [0.5, 0.6) is 0 Å². The summed E-state index contributed by atoms with van der Waals surface area (Å²) in [5, 5.41) is 4.85. The first-order valence-corrected chi connectivity index (χ1v) is 5.59. The zero-order chi connectivity index (χ0) is 11.5. The van der Waals surface area contributed by atoms with Crippen molar-refractivity contribution in [3.8, 4) is 5.69 Å². The van der Waals surface area contributed by atoms with Crippen LogP contribution < -0.4 is 5.73 Å². The van der Waals surface area contributed by atoms with Gasteiger partial charge in [0, 0.05) is 12.4 Å². The summed E-state index contributed by atoms with van der Waals surface area (Å²) in [6, 6.07) is 7.83. The zero-order valence-electron chi connectivity index (χ0n) is 9.10. The predicted molar refractivity (Wildman–Crippen MR) is 66.0 cm³/mol. The second-order valence-electron chi connectivity index (χ2n) is 3.80. The van der Waals surface area contributed by atoms with Gasteiger partial charge in [0.1, 0.15) is 0 Å². The van der Waals surface area contributed by atoms with Crippen molar-refractivity contribution in [2.75, 3.05) is 6.54 Å². The Hall–Kier alpha value is -1.32. The van der Waals surface area contributed by atoms with Gasteiger partial charge in [0.2, 0.25) is 0 Å². The summed E-state index contributed by atoms with van der Waals surface area (Å²) in [5.74, 6) is 0.323.